The van der Waals surface area contributed by atoms with Gasteiger partial charge in [0.2, 0.25) is 0 Å². The van der Waals surface area contributed by atoms with Gasteiger partial charge in [-0.2, -0.15) is 54.6 Å². The summed E-state index contributed by atoms with van der Waals surface area (Å²) >= 11 is 0. The largest absolute Gasteiger partial charge is 0.233 e. The van der Waals surface area contributed by atoms with Gasteiger partial charge in [-0.25, -0.2) is 4.99 Å². The minimum absolute atomic E-state index is 0. The van der Waals surface area contributed by atoms with Crippen LogP contribution in [-0.4, -0.2) is 5.87 Å². The normalized spacial score (nSPS) is 6.67. The second-order valence-corrected chi connectivity index (χ2v) is 2.61. The first-order chi connectivity index (χ1) is 7.43. The maximum absolute atomic E-state index is 3.83. The molecule has 18 heavy (non-hydrogen) atoms. The molecule has 0 aliphatic rings. The van der Waals surface area contributed by atoms with Gasteiger partial charge in [0.15, 0.2) is 0 Å². The second kappa shape index (κ2) is 18.2. The number of hydrogen-bond acceptors (Lipinski definition) is 1. The number of rotatable bonds is 1. The summed E-state index contributed by atoms with van der Waals surface area (Å²) in [5.41, 5.74) is 0.865. The molecule has 0 unspecified atom stereocenters. The monoisotopic (exact) mass is 460 g/mol. The van der Waals surface area contributed by atoms with Crippen LogP contribution in [0.2, 0.25) is 0 Å². The molecule has 3 radical (unpaired) electrons. The molecule has 0 bridgehead atoms. The van der Waals surface area contributed by atoms with Gasteiger partial charge in [0, 0.05) is 98.1 Å². The molecule has 4 heteroatoms. The van der Waals surface area contributed by atoms with Gasteiger partial charge in [0.1, 0.15) is 0 Å². The van der Waals surface area contributed by atoms with Gasteiger partial charge in [0.05, 0.1) is 0 Å². The summed E-state index contributed by atoms with van der Waals surface area (Å²) in [6.45, 7) is 3.35. The van der Waals surface area contributed by atoms with Crippen molar-refractivity contribution in [2.24, 2.45) is 4.99 Å². The van der Waals surface area contributed by atoms with Crippen LogP contribution >= 0.6 is 0 Å². The minimum Gasteiger partial charge on any atom is -0.233 e. The fourth-order valence-electron chi connectivity index (χ4n) is 0.886. The zero-order valence-electron chi connectivity index (χ0n) is 10.1. The summed E-state index contributed by atoms with van der Waals surface area (Å²) in [5.74, 6) is 2.45. The maximum Gasteiger partial charge on any atom is 0 e. The Hall–Kier alpha value is 1.20. The van der Waals surface area contributed by atoms with Gasteiger partial charge in [-0.3, -0.25) is 0 Å². The van der Waals surface area contributed by atoms with E-state index in [1.165, 1.54) is 0 Å². The molecule has 0 atom stereocenters. The van der Waals surface area contributed by atoms with Crippen LogP contribution in [-0.2, 0) is 98.1 Å². The third-order valence-electron chi connectivity index (χ3n) is 1.52. The smallest absolute Gasteiger partial charge is 0 e. The molecule has 0 spiro atoms. The molecule has 0 aliphatic carbocycles. The van der Waals surface area contributed by atoms with Crippen molar-refractivity contribution in [1.82, 2.24) is 0 Å². The van der Waals surface area contributed by atoms with Crippen LogP contribution in [0, 0.1) is 12.1 Å². The van der Waals surface area contributed by atoms with E-state index >= 15 is 0 Å². The summed E-state index contributed by atoms with van der Waals surface area (Å²) < 4.78 is 0. The Morgan fingerprint density at radius 3 is 1.67 bits per heavy atom. The van der Waals surface area contributed by atoms with Crippen LogP contribution in [0.5, 0.6) is 0 Å². The number of benzene rings is 2. The van der Waals surface area contributed by atoms with Crippen LogP contribution in [0.25, 0.3) is 0 Å². The third kappa shape index (κ3) is 13.6. The Morgan fingerprint density at radius 1 is 0.833 bits per heavy atom. The summed E-state index contributed by atoms with van der Waals surface area (Å²) in [5, 5.41) is 0. The third-order valence-corrected chi connectivity index (χ3v) is 1.52. The van der Waals surface area contributed by atoms with E-state index in [2.05, 4.69) is 29.6 Å². The standard InChI is InChI=1S/C8H6N.C6H5.3Y/c1-2-9-8-6-4-3-5-7-8;1-2-4-6-5-3-1;;;/h4-7H,1H2;1-5H;;;/q2*-1;;;. The molecular weight excluding hydrogens is 449 g/mol. The van der Waals surface area contributed by atoms with Crippen molar-refractivity contribution in [3.63, 3.8) is 0 Å². The predicted octanol–water partition coefficient (Wildman–Crippen LogP) is 3.45. The van der Waals surface area contributed by atoms with Crippen molar-refractivity contribution >= 4 is 11.6 Å². The van der Waals surface area contributed by atoms with Crippen molar-refractivity contribution < 1.29 is 98.1 Å². The summed E-state index contributed by atoms with van der Waals surface area (Å²) in [7, 11) is 0. The van der Waals surface area contributed by atoms with Gasteiger partial charge in [0.25, 0.3) is 0 Å². The van der Waals surface area contributed by atoms with Crippen molar-refractivity contribution in [2.75, 3.05) is 0 Å². The average molecular weight is 460 g/mol. The zero-order valence-corrected chi connectivity index (χ0v) is 18.6. The van der Waals surface area contributed by atoms with E-state index in [4.69, 9.17) is 0 Å². The molecule has 0 saturated carbocycles. The number of nitrogens with zero attached hydrogens (tertiary/aromatic N) is 1. The maximum atomic E-state index is 3.83. The molecule has 2 rings (SSSR count). The van der Waals surface area contributed by atoms with Crippen molar-refractivity contribution in [3.05, 3.63) is 73.3 Å². The van der Waals surface area contributed by atoms with E-state index in [0.717, 1.165) is 5.69 Å². The summed E-state index contributed by atoms with van der Waals surface area (Å²) in [6.07, 6.45) is 0. The second-order valence-electron chi connectivity index (χ2n) is 2.61. The predicted molar refractivity (Wildman–Crippen MR) is 63.3 cm³/mol. The van der Waals surface area contributed by atoms with E-state index < -0.39 is 0 Å². The van der Waals surface area contributed by atoms with E-state index in [-0.39, 0.29) is 98.1 Å². The van der Waals surface area contributed by atoms with E-state index in [9.17, 15) is 0 Å². The molecule has 1 nitrogen and oxygen atoms in total. The Balaban J connectivity index is -0.000000225. The molecule has 0 fully saturated rings. The number of hydrogen-bond donors (Lipinski definition) is 0. The first-order valence-electron chi connectivity index (χ1n) is 4.53. The first kappa shape index (κ1) is 24.2. The van der Waals surface area contributed by atoms with Crippen LogP contribution in [0.4, 0.5) is 5.69 Å². The molecule has 0 heterocycles. The fourth-order valence-corrected chi connectivity index (χ4v) is 0.886. The Morgan fingerprint density at radius 2 is 1.33 bits per heavy atom. The topological polar surface area (TPSA) is 12.4 Å². The van der Waals surface area contributed by atoms with E-state index in [1.54, 1.807) is 12.1 Å². The molecule has 0 N–H and O–H groups in total. The van der Waals surface area contributed by atoms with E-state index in [0.29, 0.717) is 0 Å². The van der Waals surface area contributed by atoms with Gasteiger partial charge in [-0.1, -0.05) is 0 Å². The van der Waals surface area contributed by atoms with Gasteiger partial charge < -0.3 is 0 Å². The molecule has 0 aliphatic heterocycles. The van der Waals surface area contributed by atoms with Gasteiger partial charge in [-0.05, 0) is 18.1 Å². The van der Waals surface area contributed by atoms with Crippen LogP contribution < -0.4 is 0 Å². The SMILES string of the molecule is C=C=Nc1cc[c-]cc1.[Y].[Y].[Y].[c-]1ccccc1. The molecule has 0 amide bonds. The zero-order chi connectivity index (χ0) is 10.8. The Bertz CT molecular complexity index is 385. The van der Waals surface area contributed by atoms with E-state index in [1.807, 2.05) is 42.5 Å². The molecule has 0 saturated heterocycles. The fraction of sp³-hybridized carbons (Fsp3) is 0. The van der Waals surface area contributed by atoms with Crippen molar-refractivity contribution in [3.8, 4) is 0 Å². The summed E-state index contributed by atoms with van der Waals surface area (Å²) in [6, 6.07) is 22.7. The molecule has 2 aromatic carbocycles. The van der Waals surface area contributed by atoms with Crippen LogP contribution in [0.3, 0.4) is 0 Å². The quantitative estimate of drug-likeness (QED) is 0.457. The number of aliphatic imine (C=N–C) groups is 1. The van der Waals surface area contributed by atoms with Crippen molar-refractivity contribution in [1.29, 1.82) is 0 Å². The Kier molecular flexibility index (Phi) is 24.5. The molecule has 83 valence electrons. The van der Waals surface area contributed by atoms with Gasteiger partial charge in [-0.15, -0.1) is 12.1 Å². The minimum atomic E-state index is 0. The molecule has 0 aromatic heterocycles. The van der Waals surface area contributed by atoms with Crippen LogP contribution in [0.1, 0.15) is 0 Å². The molecular formula is C14H11NY3-2. The Labute approximate surface area is 185 Å². The summed E-state index contributed by atoms with van der Waals surface area (Å²) in [4.78, 5) is 3.83. The molecule has 2 aromatic rings. The van der Waals surface area contributed by atoms with Gasteiger partial charge >= 0.3 is 0 Å². The van der Waals surface area contributed by atoms with Crippen LogP contribution in [0.15, 0.2) is 66.2 Å². The first-order valence-corrected chi connectivity index (χ1v) is 4.53. The average Bonchev–Trinajstić information content (AvgIpc) is 2.34. The van der Waals surface area contributed by atoms with Crippen molar-refractivity contribution in [2.45, 2.75) is 0 Å².